The summed E-state index contributed by atoms with van der Waals surface area (Å²) in [5, 5.41) is 4.73. The molecule has 2 heteroatoms. The highest BCUT2D eigenvalue weighted by atomic mass is 32.2. The first-order valence-electron chi connectivity index (χ1n) is 6.96. The van der Waals surface area contributed by atoms with Gasteiger partial charge >= 0.3 is 0 Å². The highest BCUT2D eigenvalue weighted by molar-refractivity contribution is 8.01. The fourth-order valence-electron chi connectivity index (χ4n) is 3.63. The lowest BCUT2D eigenvalue weighted by Crippen LogP contribution is -2.57. The molecule has 2 aliphatic rings. The molecule has 0 radical (unpaired) electrons. The summed E-state index contributed by atoms with van der Waals surface area (Å²) in [6.07, 6.45) is 5.57. The van der Waals surface area contributed by atoms with E-state index in [0.717, 1.165) is 23.0 Å². The Morgan fingerprint density at radius 3 is 2.56 bits per heavy atom. The molecule has 4 atom stereocenters. The highest BCUT2D eigenvalue weighted by Crippen LogP contribution is 2.50. The van der Waals surface area contributed by atoms with Crippen LogP contribution in [0.3, 0.4) is 0 Å². The second-order valence-corrected chi connectivity index (χ2v) is 8.04. The van der Waals surface area contributed by atoms with Crippen molar-refractivity contribution in [1.29, 1.82) is 0 Å². The van der Waals surface area contributed by atoms with Gasteiger partial charge in [0.25, 0.3) is 0 Å². The average molecular weight is 241 g/mol. The summed E-state index contributed by atoms with van der Waals surface area (Å²) in [6.45, 7) is 10.9. The molecule has 0 aromatic carbocycles. The molecule has 1 aliphatic heterocycles. The molecule has 16 heavy (non-hydrogen) atoms. The van der Waals surface area contributed by atoms with Crippen LogP contribution in [0.5, 0.6) is 0 Å². The zero-order valence-corrected chi connectivity index (χ0v) is 12.1. The minimum absolute atomic E-state index is 0.406. The third-order valence-corrected chi connectivity index (χ3v) is 6.08. The summed E-state index contributed by atoms with van der Waals surface area (Å²) in [6, 6.07) is 0. The standard InChI is InChI=1S/C14H27NS/c1-10(2)13-6-5-11(3)9-14(13)15-8-7-12(4)16-14/h10-13,15H,5-9H2,1-4H3. The molecule has 4 unspecified atom stereocenters. The maximum atomic E-state index is 3.89. The van der Waals surface area contributed by atoms with Crippen molar-refractivity contribution in [2.75, 3.05) is 6.54 Å². The van der Waals surface area contributed by atoms with Crippen molar-refractivity contribution < 1.29 is 0 Å². The molecule has 0 aromatic heterocycles. The molecule has 94 valence electrons. The van der Waals surface area contributed by atoms with Crippen molar-refractivity contribution in [2.45, 2.75) is 63.5 Å². The smallest absolute Gasteiger partial charge is 0.0681 e. The molecule has 1 aliphatic carbocycles. The van der Waals surface area contributed by atoms with Crippen LogP contribution < -0.4 is 5.32 Å². The first-order valence-corrected chi connectivity index (χ1v) is 7.84. The van der Waals surface area contributed by atoms with Gasteiger partial charge in [0, 0.05) is 5.25 Å². The minimum Gasteiger partial charge on any atom is -0.303 e. The van der Waals surface area contributed by atoms with E-state index in [-0.39, 0.29) is 0 Å². The lowest BCUT2D eigenvalue weighted by molar-refractivity contribution is 0.141. The number of nitrogens with one attached hydrogen (secondary N) is 1. The van der Waals surface area contributed by atoms with Gasteiger partial charge in [-0.2, -0.15) is 0 Å². The van der Waals surface area contributed by atoms with Gasteiger partial charge < -0.3 is 5.32 Å². The van der Waals surface area contributed by atoms with E-state index in [1.54, 1.807) is 0 Å². The molecular weight excluding hydrogens is 214 g/mol. The molecule has 0 bridgehead atoms. The van der Waals surface area contributed by atoms with Gasteiger partial charge in [-0.15, -0.1) is 11.8 Å². The van der Waals surface area contributed by atoms with E-state index in [1.807, 2.05) is 0 Å². The number of hydrogen-bond acceptors (Lipinski definition) is 2. The molecule has 0 amide bonds. The van der Waals surface area contributed by atoms with Crippen molar-refractivity contribution >= 4 is 11.8 Å². The van der Waals surface area contributed by atoms with Crippen molar-refractivity contribution in [3.8, 4) is 0 Å². The lowest BCUT2D eigenvalue weighted by Gasteiger charge is -2.52. The SMILES string of the molecule is CC1CCC(C(C)C)C2(C1)NCCC(C)S2. The predicted octanol–water partition coefficient (Wildman–Crippen LogP) is 3.89. The van der Waals surface area contributed by atoms with Crippen LogP contribution in [0.4, 0.5) is 0 Å². The van der Waals surface area contributed by atoms with Crippen LogP contribution in [0, 0.1) is 17.8 Å². The van der Waals surface area contributed by atoms with Crippen LogP contribution in [0.1, 0.15) is 53.4 Å². The van der Waals surface area contributed by atoms with Crippen LogP contribution in [0.25, 0.3) is 0 Å². The van der Waals surface area contributed by atoms with E-state index in [1.165, 1.54) is 32.2 Å². The van der Waals surface area contributed by atoms with Gasteiger partial charge in [-0.3, -0.25) is 0 Å². The van der Waals surface area contributed by atoms with Gasteiger partial charge in [0.05, 0.1) is 4.87 Å². The van der Waals surface area contributed by atoms with Crippen LogP contribution in [0.15, 0.2) is 0 Å². The predicted molar refractivity (Wildman–Crippen MR) is 73.7 cm³/mol. The second-order valence-electron chi connectivity index (χ2n) is 6.27. The highest BCUT2D eigenvalue weighted by Gasteiger charge is 2.46. The number of thioether (sulfide) groups is 1. The maximum Gasteiger partial charge on any atom is 0.0681 e. The maximum absolute atomic E-state index is 3.89. The molecule has 1 heterocycles. The fourth-order valence-corrected chi connectivity index (χ4v) is 5.71. The molecule has 0 aromatic rings. The van der Waals surface area contributed by atoms with E-state index in [2.05, 4.69) is 44.8 Å². The van der Waals surface area contributed by atoms with Crippen molar-refractivity contribution in [3.63, 3.8) is 0 Å². The Bertz CT molecular complexity index is 233. The van der Waals surface area contributed by atoms with E-state index in [9.17, 15) is 0 Å². The van der Waals surface area contributed by atoms with Crippen LogP contribution in [-0.2, 0) is 0 Å². The average Bonchev–Trinajstić information content (AvgIpc) is 2.16. The van der Waals surface area contributed by atoms with Gasteiger partial charge in [0.15, 0.2) is 0 Å². The third kappa shape index (κ3) is 2.43. The summed E-state index contributed by atoms with van der Waals surface area (Å²) in [5.41, 5.74) is 0. The number of rotatable bonds is 1. The van der Waals surface area contributed by atoms with Gasteiger partial charge in [-0.05, 0) is 43.6 Å². The summed E-state index contributed by atoms with van der Waals surface area (Å²) in [4.78, 5) is 0.406. The summed E-state index contributed by atoms with van der Waals surface area (Å²) >= 11 is 2.24. The minimum atomic E-state index is 0.406. The molecule has 1 saturated carbocycles. The molecule has 1 saturated heterocycles. The molecule has 1 N–H and O–H groups in total. The van der Waals surface area contributed by atoms with Crippen molar-refractivity contribution in [2.24, 2.45) is 17.8 Å². The van der Waals surface area contributed by atoms with Crippen LogP contribution >= 0.6 is 11.8 Å². The molecule has 1 nitrogen and oxygen atoms in total. The largest absolute Gasteiger partial charge is 0.303 e. The first-order chi connectivity index (χ1) is 7.53. The van der Waals surface area contributed by atoms with E-state index < -0.39 is 0 Å². The monoisotopic (exact) mass is 241 g/mol. The fraction of sp³-hybridized carbons (Fsp3) is 1.00. The topological polar surface area (TPSA) is 12.0 Å². The second kappa shape index (κ2) is 4.89. The van der Waals surface area contributed by atoms with Gasteiger partial charge in [-0.25, -0.2) is 0 Å². The van der Waals surface area contributed by atoms with E-state index >= 15 is 0 Å². The van der Waals surface area contributed by atoms with Crippen molar-refractivity contribution in [1.82, 2.24) is 5.32 Å². The van der Waals surface area contributed by atoms with Gasteiger partial charge in [-0.1, -0.05) is 34.1 Å². The van der Waals surface area contributed by atoms with Gasteiger partial charge in [0.2, 0.25) is 0 Å². The zero-order chi connectivity index (χ0) is 11.8. The quantitative estimate of drug-likeness (QED) is 0.747. The Morgan fingerprint density at radius 2 is 1.94 bits per heavy atom. The first kappa shape index (κ1) is 12.8. The zero-order valence-electron chi connectivity index (χ0n) is 11.3. The number of hydrogen-bond donors (Lipinski definition) is 1. The van der Waals surface area contributed by atoms with E-state index in [4.69, 9.17) is 0 Å². The summed E-state index contributed by atoms with van der Waals surface area (Å²) < 4.78 is 0. The Hall–Kier alpha value is 0.310. The normalized spacial score (nSPS) is 45.2. The Kier molecular flexibility index (Phi) is 3.90. The van der Waals surface area contributed by atoms with Crippen molar-refractivity contribution in [3.05, 3.63) is 0 Å². The Labute approximate surface area is 105 Å². The summed E-state index contributed by atoms with van der Waals surface area (Å²) in [5.74, 6) is 2.59. The Balaban J connectivity index is 2.17. The van der Waals surface area contributed by atoms with E-state index in [0.29, 0.717) is 4.87 Å². The third-order valence-electron chi connectivity index (χ3n) is 4.41. The molecule has 1 spiro atoms. The molecule has 2 rings (SSSR count). The van der Waals surface area contributed by atoms with Crippen LogP contribution in [0.2, 0.25) is 0 Å². The Morgan fingerprint density at radius 1 is 1.19 bits per heavy atom. The molecule has 2 fully saturated rings. The summed E-state index contributed by atoms with van der Waals surface area (Å²) in [7, 11) is 0. The molecular formula is C14H27NS. The lowest BCUT2D eigenvalue weighted by atomic mass is 9.73. The van der Waals surface area contributed by atoms with Crippen LogP contribution in [-0.4, -0.2) is 16.7 Å². The van der Waals surface area contributed by atoms with Gasteiger partial charge in [0.1, 0.15) is 0 Å².